The zero-order valence-corrected chi connectivity index (χ0v) is 94.9. The Kier molecular flexibility index (Phi) is 68.9. The summed E-state index contributed by atoms with van der Waals surface area (Å²) in [4.78, 5) is 87.5. The summed E-state index contributed by atoms with van der Waals surface area (Å²) in [7, 11) is -10.8. The predicted octanol–water partition coefficient (Wildman–Crippen LogP) is 23.9. The first kappa shape index (κ1) is 139. The minimum Gasteiger partial charge on any atom is -0.462 e. The molecule has 3 aliphatic rings. The minimum absolute atomic E-state index is 0. The van der Waals surface area contributed by atoms with Gasteiger partial charge in [-0.1, -0.05) is 157 Å². The van der Waals surface area contributed by atoms with Crippen LogP contribution in [0.25, 0.3) is 0 Å². The molecule has 0 radical (unpaired) electrons. The zero-order valence-electron chi connectivity index (χ0n) is 88.9. The number of nitrogens with one attached hydrogen (secondary N) is 2. The lowest BCUT2D eigenvalue weighted by atomic mass is 9.61. The molecule has 0 aromatic heterocycles. The van der Waals surface area contributed by atoms with E-state index in [2.05, 4.69) is 228 Å². The molecule has 3 aliphatic carbocycles. The number of amides is 2. The van der Waals surface area contributed by atoms with Crippen LogP contribution in [0.3, 0.4) is 0 Å². The van der Waals surface area contributed by atoms with Gasteiger partial charge in [-0.3, -0.25) is 4.79 Å². The number of nitriles is 1. The SMILES string of the molecule is C.C.C.C=C(C)C(=O)OCCO.C=C(C)C(=O)OCCOC(=O)CCC1(C)CC(NC(=O)OCCOCCC[Si](C)(C)OC(C)(C)O[Si](C)(C)CCCC)CC(C)(C)C1.CC1(C)CC(OC#N)CC(C)(CN=C=O)C1.CCCC[Si](C)(C)OC(C)(C)O[Si](C)(C)CCCOCCO.CCCC[Si](C)(C)OC(C)(C)O[Si](C)(C)CCCOCCOC(=O)NC1CC(C)(C)CC(C)(CN=C=O)C1. The molecule has 6 atom stereocenters. The van der Waals surface area contributed by atoms with Gasteiger partial charge in [0.15, 0.2) is 49.9 Å². The molecule has 135 heavy (non-hydrogen) atoms. The molecule has 29 nitrogen and oxygen atoms in total. The average Bonchev–Trinajstić information content (AvgIpc) is 0.802. The highest BCUT2D eigenvalue weighted by Gasteiger charge is 2.47. The quantitative estimate of drug-likeness (QED) is 0.00506. The number of aliphatic hydroxyl groups excluding tert-OH is 2. The van der Waals surface area contributed by atoms with Crippen molar-refractivity contribution in [1.82, 2.24) is 10.6 Å². The van der Waals surface area contributed by atoms with Crippen LogP contribution in [-0.4, -0.2) is 237 Å². The first-order valence-corrected chi connectivity index (χ1v) is 67.3. The zero-order chi connectivity index (χ0) is 102. The number of hydrogen-bond donors (Lipinski definition) is 4. The molecule has 0 aromatic carbocycles. The van der Waals surface area contributed by atoms with E-state index in [4.69, 9.17) is 79.9 Å². The van der Waals surface area contributed by atoms with Crippen molar-refractivity contribution >= 4 is 92.2 Å². The maximum absolute atomic E-state index is 12.6. The third-order valence-corrected chi connectivity index (χ3v) is 38.2. The Morgan fingerprint density at radius 3 is 1.01 bits per heavy atom. The molecule has 3 saturated carbocycles. The molecule has 0 spiro atoms. The van der Waals surface area contributed by atoms with Crippen LogP contribution in [-0.2, 0) is 93.2 Å². The predicted molar refractivity (Wildman–Crippen MR) is 560 cm³/mol. The molecule has 0 heterocycles. The highest BCUT2D eigenvalue weighted by molar-refractivity contribution is 6.73. The van der Waals surface area contributed by atoms with E-state index in [-0.39, 0.29) is 132 Å². The third kappa shape index (κ3) is 72.3. The number of esters is 3. The second-order valence-corrected chi connectivity index (χ2v) is 70.4. The summed E-state index contributed by atoms with van der Waals surface area (Å²) in [5.41, 5.74) is 0.443. The van der Waals surface area contributed by atoms with Crippen LogP contribution in [0.5, 0.6) is 0 Å². The van der Waals surface area contributed by atoms with Crippen LogP contribution in [0.2, 0.25) is 115 Å². The monoisotopic (exact) mass is 2020 g/mol. The number of unbranched alkanes of at least 4 members (excludes halogenated alkanes) is 3. The molecule has 3 fully saturated rings. The van der Waals surface area contributed by atoms with E-state index in [0.717, 1.165) is 107 Å². The fourth-order valence-corrected chi connectivity index (χ4v) is 35.0. The second-order valence-electron chi connectivity index (χ2n) is 45.1. The summed E-state index contributed by atoms with van der Waals surface area (Å²) >= 11 is 0. The van der Waals surface area contributed by atoms with E-state index in [9.17, 15) is 33.6 Å². The molecular weight excluding hydrogens is 1820 g/mol. The van der Waals surface area contributed by atoms with Crippen LogP contribution in [0.15, 0.2) is 34.3 Å². The van der Waals surface area contributed by atoms with E-state index in [0.29, 0.717) is 70.3 Å². The van der Waals surface area contributed by atoms with E-state index < -0.39 is 91.4 Å². The lowest BCUT2D eigenvalue weighted by Gasteiger charge is -2.46. The van der Waals surface area contributed by atoms with Gasteiger partial charge in [-0.2, -0.15) is 5.26 Å². The van der Waals surface area contributed by atoms with E-state index in [1.165, 1.54) is 44.6 Å². The number of aliphatic imine (C=N–C) groups is 2. The van der Waals surface area contributed by atoms with Crippen LogP contribution in [0.4, 0.5) is 9.59 Å². The van der Waals surface area contributed by atoms with Gasteiger partial charge in [0, 0.05) is 49.5 Å². The molecule has 0 saturated heterocycles. The smallest absolute Gasteiger partial charge is 0.407 e. The molecule has 794 valence electrons. The number of isocyanates is 2. The van der Waals surface area contributed by atoms with Gasteiger partial charge >= 0.3 is 30.1 Å². The molecule has 0 aliphatic heterocycles. The number of ether oxygens (including phenoxy) is 9. The number of alkyl carbamates (subject to hydrolysis) is 2. The van der Waals surface area contributed by atoms with Crippen molar-refractivity contribution in [1.29, 1.82) is 5.26 Å². The summed E-state index contributed by atoms with van der Waals surface area (Å²) in [5, 5.41) is 31.5. The average molecular weight is 2030 g/mol. The minimum atomic E-state index is -1.96. The highest BCUT2D eigenvalue weighted by Crippen LogP contribution is 2.50. The maximum atomic E-state index is 12.6. The Balaban J connectivity index is -0.000000568. The van der Waals surface area contributed by atoms with Crippen molar-refractivity contribution in [3.63, 3.8) is 0 Å². The number of hydrogen-bond acceptors (Lipinski definition) is 27. The third-order valence-electron chi connectivity index (χ3n) is 22.6. The fourth-order valence-electron chi connectivity index (χ4n) is 19.3. The van der Waals surface area contributed by atoms with Gasteiger partial charge in [0.2, 0.25) is 12.2 Å². The largest absolute Gasteiger partial charge is 0.462 e. The normalized spacial score (nSPS) is 19.8. The van der Waals surface area contributed by atoms with Crippen LogP contribution in [0.1, 0.15) is 289 Å². The summed E-state index contributed by atoms with van der Waals surface area (Å²) in [6.07, 6.45) is 22.6. The molecule has 0 bridgehead atoms. The van der Waals surface area contributed by atoms with E-state index in [1.807, 2.05) is 13.8 Å². The first-order chi connectivity index (χ1) is 60.6. The second kappa shape index (κ2) is 67.0. The van der Waals surface area contributed by atoms with Crippen molar-refractivity contribution in [2.75, 3.05) is 99.0 Å². The Labute approximate surface area is 827 Å². The van der Waals surface area contributed by atoms with Crippen molar-refractivity contribution in [2.24, 2.45) is 42.5 Å². The molecule has 2 amide bonds. The van der Waals surface area contributed by atoms with Crippen molar-refractivity contribution in [3.8, 4) is 6.26 Å². The summed E-state index contributed by atoms with van der Waals surface area (Å²) in [6, 6.07) is 6.38. The Bertz CT molecular complexity index is 3490. The maximum Gasteiger partial charge on any atom is 0.407 e. The van der Waals surface area contributed by atoms with Gasteiger partial charge in [0.05, 0.1) is 46.1 Å². The lowest BCUT2D eigenvalue weighted by Crippen LogP contribution is -2.48. The van der Waals surface area contributed by atoms with Gasteiger partial charge in [0.25, 0.3) is 6.26 Å². The molecule has 0 aromatic rings. The van der Waals surface area contributed by atoms with Crippen LogP contribution in [0, 0.1) is 44.0 Å². The number of carbonyl (C=O) groups excluding carboxylic acids is 7. The first-order valence-electron chi connectivity index (χ1n) is 48.6. The topological polar surface area (TPSA) is 371 Å². The molecule has 3 rings (SSSR count). The summed E-state index contributed by atoms with van der Waals surface area (Å²) in [5.74, 6) is -2.92. The van der Waals surface area contributed by atoms with Crippen molar-refractivity contribution < 1.29 is 113 Å². The lowest BCUT2D eigenvalue weighted by molar-refractivity contribution is -0.150. The Morgan fingerprint density at radius 1 is 0.407 bits per heavy atom. The number of aliphatic hydroxyl groups is 2. The standard InChI is InChI=1S/C35H67NO9Si2.C28H56N2O6Si2.C16H38O4Si2.C12H18N2O2.C6H10O3.3CH4/c1-13-14-23-46(9,10)44-34(6,7)45-47(11,12)24-15-18-40-19-20-43-32(39)36-29-25-33(4,5)27-35(8,26-29)17-16-30(37)41-21-22-42-31(38)28(2)3;1-11-12-17-37(7,8)35-27(4,5)36-38(9,10)18-13-14-33-15-16-34-25(32)30-24-19-26(2,3)21-28(6,20-24)22-29-23-31;1-8-9-14-21(4,5)19-16(2,3)20-22(6,7)15-10-12-18-13-11-17;1-11(2)4-10(16-8-13)5-12(3,6-11)7-14-9-15;1-5(2)6(8)9-4-3-7;;;/h29H,2,13-27H2,1,3-12H3,(H,36,39);24H,11-22H2,1-10H3,(H,30,32);17H,8-15H2,1-7H3;10H,4-7H2,1-3H3;7H,1,3-4H2,2H3;3*1H4. The number of carbonyl (C=O) groups is 5. The van der Waals surface area contributed by atoms with Gasteiger partial charge < -0.3 is 90.0 Å². The van der Waals surface area contributed by atoms with E-state index in [1.54, 1.807) is 32.3 Å². The number of rotatable bonds is 58. The van der Waals surface area contributed by atoms with Crippen molar-refractivity contribution in [3.05, 3.63) is 24.3 Å². The molecule has 4 N–H and O–H groups in total. The molecular formula is C100H201N5O24Si6. The Morgan fingerprint density at radius 2 is 0.696 bits per heavy atom. The summed E-state index contributed by atoms with van der Waals surface area (Å²) in [6.45, 7) is 79.7. The van der Waals surface area contributed by atoms with Crippen molar-refractivity contribution in [2.45, 2.75) is 440 Å². The Hall–Kier alpha value is -4.66. The fraction of sp³-hybridized carbons (Fsp3) is 0.880. The van der Waals surface area contributed by atoms with Gasteiger partial charge in [-0.05, 0) is 286 Å². The molecule has 35 heteroatoms. The van der Waals surface area contributed by atoms with E-state index >= 15 is 0 Å². The van der Waals surface area contributed by atoms with Gasteiger partial charge in [0.1, 0.15) is 56.5 Å². The van der Waals surface area contributed by atoms with Crippen LogP contribution >= 0.6 is 0 Å². The summed E-state index contributed by atoms with van der Waals surface area (Å²) < 4.78 is 86.2. The number of nitrogens with zero attached hydrogens (tertiary/aromatic N) is 3. The van der Waals surface area contributed by atoms with Crippen LogP contribution < -0.4 is 10.6 Å². The molecule has 6 unspecified atom stereocenters. The van der Waals surface area contributed by atoms with Gasteiger partial charge in [-0.25, -0.2) is 38.8 Å². The highest BCUT2D eigenvalue weighted by atomic mass is 28.4. The van der Waals surface area contributed by atoms with Gasteiger partial charge in [-0.15, -0.1) is 0 Å².